The van der Waals surface area contributed by atoms with E-state index < -0.39 is 10.0 Å². The molecule has 1 aromatic rings. The quantitative estimate of drug-likeness (QED) is 0.851. The molecular weight excluding hydrogens is 248 g/mol. The number of rotatable bonds is 5. The van der Waals surface area contributed by atoms with Crippen molar-refractivity contribution in [3.8, 4) is 0 Å². The van der Waals surface area contributed by atoms with Crippen molar-refractivity contribution in [3.05, 3.63) is 29.3 Å². The Morgan fingerprint density at radius 1 is 1.39 bits per heavy atom. The molecule has 0 spiro atoms. The normalized spacial score (nSPS) is 14.9. The van der Waals surface area contributed by atoms with Gasteiger partial charge in [-0.15, -0.1) is 0 Å². The third-order valence-corrected chi connectivity index (χ3v) is 4.63. The van der Waals surface area contributed by atoms with E-state index in [2.05, 4.69) is 28.2 Å². The maximum absolute atomic E-state index is 11.3. The second kappa shape index (κ2) is 5.71. The monoisotopic (exact) mass is 268 g/mol. The standard InChI is InChI=1S/C13H20N2O2S/c1-2-18(16,17)15-9-7-11-5-6-13-12(10-11)4-3-8-14-13/h5-6,10,14-15H,2-4,7-9H2,1H3. The molecule has 0 atom stereocenters. The van der Waals surface area contributed by atoms with E-state index in [1.165, 1.54) is 23.2 Å². The molecule has 0 amide bonds. The molecule has 2 rings (SSSR count). The second-order valence-electron chi connectivity index (χ2n) is 4.57. The fourth-order valence-electron chi connectivity index (χ4n) is 2.14. The molecule has 1 aliphatic heterocycles. The van der Waals surface area contributed by atoms with E-state index in [1.807, 2.05) is 0 Å². The third kappa shape index (κ3) is 3.46. The predicted octanol–water partition coefficient (Wildman–Crippen LogP) is 1.53. The van der Waals surface area contributed by atoms with Gasteiger partial charge < -0.3 is 5.32 Å². The van der Waals surface area contributed by atoms with Gasteiger partial charge in [0.2, 0.25) is 10.0 Å². The zero-order valence-corrected chi connectivity index (χ0v) is 11.5. The number of hydrogen-bond donors (Lipinski definition) is 2. The summed E-state index contributed by atoms with van der Waals surface area (Å²) in [7, 11) is -3.07. The summed E-state index contributed by atoms with van der Waals surface area (Å²) in [5.41, 5.74) is 3.76. The lowest BCUT2D eigenvalue weighted by molar-refractivity contribution is 0.583. The Kier molecular flexibility index (Phi) is 4.24. The van der Waals surface area contributed by atoms with Crippen molar-refractivity contribution in [2.24, 2.45) is 0 Å². The van der Waals surface area contributed by atoms with Crippen LogP contribution in [0.25, 0.3) is 0 Å². The second-order valence-corrected chi connectivity index (χ2v) is 6.67. The zero-order valence-electron chi connectivity index (χ0n) is 10.7. The summed E-state index contributed by atoms with van der Waals surface area (Å²) in [6.45, 7) is 3.16. The van der Waals surface area contributed by atoms with Gasteiger partial charge in [-0.1, -0.05) is 12.1 Å². The first-order valence-corrected chi connectivity index (χ1v) is 8.09. The van der Waals surface area contributed by atoms with Gasteiger partial charge in [0.1, 0.15) is 0 Å². The number of hydrogen-bond acceptors (Lipinski definition) is 3. The van der Waals surface area contributed by atoms with Gasteiger partial charge in [0.25, 0.3) is 0 Å². The summed E-state index contributed by atoms with van der Waals surface area (Å²) in [6, 6.07) is 6.34. The Hall–Kier alpha value is -1.07. The molecule has 1 heterocycles. The van der Waals surface area contributed by atoms with Crippen LogP contribution in [0, 0.1) is 0 Å². The van der Waals surface area contributed by atoms with E-state index in [4.69, 9.17) is 0 Å². The van der Waals surface area contributed by atoms with Crippen molar-refractivity contribution in [2.45, 2.75) is 26.2 Å². The Morgan fingerprint density at radius 2 is 2.22 bits per heavy atom. The Bertz CT molecular complexity index is 512. The van der Waals surface area contributed by atoms with Gasteiger partial charge >= 0.3 is 0 Å². The summed E-state index contributed by atoms with van der Waals surface area (Å²) in [6.07, 6.45) is 3.02. The molecule has 18 heavy (non-hydrogen) atoms. The minimum atomic E-state index is -3.07. The highest BCUT2D eigenvalue weighted by molar-refractivity contribution is 7.89. The fourth-order valence-corrected chi connectivity index (χ4v) is 2.75. The first-order valence-electron chi connectivity index (χ1n) is 6.44. The van der Waals surface area contributed by atoms with Gasteiger partial charge in [-0.05, 0) is 43.4 Å². The van der Waals surface area contributed by atoms with Gasteiger partial charge in [0, 0.05) is 18.8 Å². The molecule has 4 nitrogen and oxygen atoms in total. The van der Waals surface area contributed by atoms with Crippen LogP contribution < -0.4 is 10.0 Å². The van der Waals surface area contributed by atoms with Gasteiger partial charge in [-0.3, -0.25) is 0 Å². The van der Waals surface area contributed by atoms with Crippen molar-refractivity contribution in [1.82, 2.24) is 4.72 Å². The number of fused-ring (bicyclic) bond motifs is 1. The van der Waals surface area contributed by atoms with Crippen molar-refractivity contribution >= 4 is 15.7 Å². The molecular formula is C13H20N2O2S. The topological polar surface area (TPSA) is 58.2 Å². The fraction of sp³-hybridized carbons (Fsp3) is 0.538. The van der Waals surface area contributed by atoms with Crippen molar-refractivity contribution in [3.63, 3.8) is 0 Å². The van der Waals surface area contributed by atoms with Crippen LogP contribution in [0.5, 0.6) is 0 Å². The summed E-state index contributed by atoms with van der Waals surface area (Å²) in [5, 5.41) is 3.37. The average molecular weight is 268 g/mol. The highest BCUT2D eigenvalue weighted by Crippen LogP contribution is 2.22. The van der Waals surface area contributed by atoms with Crippen LogP contribution in [0.15, 0.2) is 18.2 Å². The number of sulfonamides is 1. The number of aryl methyl sites for hydroxylation is 1. The van der Waals surface area contributed by atoms with E-state index in [0.29, 0.717) is 6.54 Å². The van der Waals surface area contributed by atoms with Gasteiger partial charge in [-0.25, -0.2) is 13.1 Å². The lowest BCUT2D eigenvalue weighted by Crippen LogP contribution is -2.27. The Balaban J connectivity index is 1.94. The van der Waals surface area contributed by atoms with Crippen molar-refractivity contribution < 1.29 is 8.42 Å². The molecule has 0 aromatic heterocycles. The Morgan fingerprint density at radius 3 is 3.00 bits per heavy atom. The minimum Gasteiger partial charge on any atom is -0.385 e. The molecule has 5 heteroatoms. The third-order valence-electron chi connectivity index (χ3n) is 3.22. The van der Waals surface area contributed by atoms with E-state index in [0.717, 1.165) is 19.4 Å². The molecule has 1 aliphatic rings. The van der Waals surface area contributed by atoms with E-state index in [-0.39, 0.29) is 5.75 Å². The summed E-state index contributed by atoms with van der Waals surface area (Å²) >= 11 is 0. The van der Waals surface area contributed by atoms with Gasteiger partial charge in [-0.2, -0.15) is 0 Å². The van der Waals surface area contributed by atoms with E-state index in [9.17, 15) is 8.42 Å². The van der Waals surface area contributed by atoms with Crippen LogP contribution >= 0.6 is 0 Å². The average Bonchev–Trinajstić information content (AvgIpc) is 2.38. The largest absolute Gasteiger partial charge is 0.385 e. The minimum absolute atomic E-state index is 0.140. The number of anilines is 1. The first kappa shape index (κ1) is 13.4. The SMILES string of the molecule is CCS(=O)(=O)NCCc1ccc2c(c1)CCCN2. The van der Waals surface area contributed by atoms with Crippen LogP contribution in [-0.2, 0) is 22.9 Å². The molecule has 100 valence electrons. The molecule has 0 radical (unpaired) electrons. The number of nitrogens with one attached hydrogen (secondary N) is 2. The van der Waals surface area contributed by atoms with E-state index >= 15 is 0 Å². The van der Waals surface area contributed by atoms with Crippen LogP contribution in [0.1, 0.15) is 24.5 Å². The Labute approximate surface area is 109 Å². The molecule has 0 aliphatic carbocycles. The van der Waals surface area contributed by atoms with Crippen LogP contribution in [0.3, 0.4) is 0 Å². The molecule has 0 fully saturated rings. The van der Waals surface area contributed by atoms with Crippen LogP contribution in [-0.4, -0.2) is 27.3 Å². The van der Waals surface area contributed by atoms with Gasteiger partial charge in [0.15, 0.2) is 0 Å². The van der Waals surface area contributed by atoms with Crippen LogP contribution in [0.4, 0.5) is 5.69 Å². The summed E-state index contributed by atoms with van der Waals surface area (Å²) in [4.78, 5) is 0. The molecule has 2 N–H and O–H groups in total. The highest BCUT2D eigenvalue weighted by atomic mass is 32.2. The maximum Gasteiger partial charge on any atom is 0.211 e. The number of benzene rings is 1. The molecule has 0 unspecified atom stereocenters. The summed E-state index contributed by atoms with van der Waals surface area (Å²) < 4.78 is 25.2. The van der Waals surface area contributed by atoms with Crippen LogP contribution in [0.2, 0.25) is 0 Å². The van der Waals surface area contributed by atoms with Crippen molar-refractivity contribution in [1.29, 1.82) is 0 Å². The molecule has 0 saturated carbocycles. The molecule has 1 aromatic carbocycles. The van der Waals surface area contributed by atoms with E-state index in [1.54, 1.807) is 6.92 Å². The zero-order chi connectivity index (χ0) is 13.0. The smallest absolute Gasteiger partial charge is 0.211 e. The van der Waals surface area contributed by atoms with Gasteiger partial charge in [0.05, 0.1) is 5.75 Å². The highest BCUT2D eigenvalue weighted by Gasteiger charge is 2.09. The maximum atomic E-state index is 11.3. The molecule has 0 bridgehead atoms. The van der Waals surface area contributed by atoms with Crippen molar-refractivity contribution in [2.75, 3.05) is 24.2 Å². The lowest BCUT2D eigenvalue weighted by atomic mass is 10.00. The summed E-state index contributed by atoms with van der Waals surface area (Å²) in [5.74, 6) is 0.140. The lowest BCUT2D eigenvalue weighted by Gasteiger charge is -2.18. The predicted molar refractivity (Wildman–Crippen MR) is 74.4 cm³/mol. The molecule has 0 saturated heterocycles. The first-order chi connectivity index (χ1) is 8.61.